The molecule has 4 nitrogen and oxygen atoms in total. The molecule has 0 fully saturated rings. The Labute approximate surface area is 172 Å². The Hall–Kier alpha value is -1.95. The average molecular weight is 420 g/mol. The van der Waals surface area contributed by atoms with Gasteiger partial charge in [-0.15, -0.1) is 11.8 Å². The number of benzene rings is 2. The van der Waals surface area contributed by atoms with Crippen molar-refractivity contribution in [2.45, 2.75) is 30.2 Å². The third-order valence-corrected chi connectivity index (χ3v) is 5.78. The fourth-order valence-electron chi connectivity index (χ4n) is 2.57. The van der Waals surface area contributed by atoms with Crippen LogP contribution >= 0.6 is 35.0 Å². The molecule has 0 saturated carbocycles. The highest BCUT2D eigenvalue weighted by atomic mass is 35.5. The first-order chi connectivity index (χ1) is 13.0. The number of aromatic nitrogens is 2. The molecule has 3 rings (SSSR count). The van der Waals surface area contributed by atoms with Crippen LogP contribution < -0.4 is 5.32 Å². The second-order valence-corrected chi connectivity index (χ2v) is 8.33. The van der Waals surface area contributed by atoms with Crippen LogP contribution in [0, 0.1) is 0 Å². The zero-order valence-corrected chi connectivity index (χ0v) is 17.1. The average Bonchev–Trinajstić information content (AvgIpc) is 3.16. The fourth-order valence-corrected chi connectivity index (χ4v) is 4.01. The molecule has 1 aromatic heterocycles. The van der Waals surface area contributed by atoms with E-state index < -0.39 is 0 Å². The Morgan fingerprint density at radius 1 is 1.22 bits per heavy atom. The zero-order valence-electron chi connectivity index (χ0n) is 14.7. The van der Waals surface area contributed by atoms with Crippen LogP contribution in [0.1, 0.15) is 18.1 Å². The predicted molar refractivity (Wildman–Crippen MR) is 111 cm³/mol. The van der Waals surface area contributed by atoms with Crippen LogP contribution in [0.5, 0.6) is 0 Å². The molecule has 1 N–H and O–H groups in total. The molecular weight excluding hydrogens is 401 g/mol. The van der Waals surface area contributed by atoms with Gasteiger partial charge >= 0.3 is 0 Å². The van der Waals surface area contributed by atoms with Gasteiger partial charge in [-0.2, -0.15) is 0 Å². The van der Waals surface area contributed by atoms with Gasteiger partial charge in [-0.1, -0.05) is 47.5 Å². The van der Waals surface area contributed by atoms with Crippen molar-refractivity contribution in [3.05, 3.63) is 82.4 Å². The number of carbonyl (C=O) groups is 1. The van der Waals surface area contributed by atoms with Gasteiger partial charge in [-0.05, 0) is 36.2 Å². The Kier molecular flexibility index (Phi) is 6.83. The van der Waals surface area contributed by atoms with Gasteiger partial charge in [0.15, 0.2) is 0 Å². The summed E-state index contributed by atoms with van der Waals surface area (Å²) in [5.74, 6) is -0.0453. The van der Waals surface area contributed by atoms with Crippen LogP contribution in [0.4, 0.5) is 0 Å². The minimum atomic E-state index is -0.282. The van der Waals surface area contributed by atoms with Crippen LogP contribution in [0.2, 0.25) is 10.0 Å². The molecule has 0 aliphatic carbocycles. The smallest absolute Gasteiger partial charge is 0.233 e. The van der Waals surface area contributed by atoms with Gasteiger partial charge in [0.05, 0.1) is 16.6 Å². The lowest BCUT2D eigenvalue weighted by Crippen LogP contribution is -2.30. The number of hydrogen-bond donors (Lipinski definition) is 1. The molecule has 0 saturated heterocycles. The Morgan fingerprint density at radius 3 is 2.81 bits per heavy atom. The highest BCUT2D eigenvalue weighted by molar-refractivity contribution is 8.00. The minimum Gasteiger partial charge on any atom is -0.351 e. The molecule has 0 aliphatic heterocycles. The van der Waals surface area contributed by atoms with E-state index in [-0.39, 0.29) is 11.2 Å². The summed E-state index contributed by atoms with van der Waals surface area (Å²) < 4.78 is 2.01. The third kappa shape index (κ3) is 5.76. The molecule has 0 aliphatic rings. The van der Waals surface area contributed by atoms with Gasteiger partial charge in [0.2, 0.25) is 5.91 Å². The van der Waals surface area contributed by atoms with Crippen molar-refractivity contribution in [2.24, 2.45) is 0 Å². The largest absolute Gasteiger partial charge is 0.351 e. The number of hydrogen-bond acceptors (Lipinski definition) is 3. The van der Waals surface area contributed by atoms with Crippen LogP contribution in [-0.4, -0.2) is 20.7 Å². The van der Waals surface area contributed by atoms with Crippen molar-refractivity contribution in [1.29, 1.82) is 0 Å². The summed E-state index contributed by atoms with van der Waals surface area (Å²) in [6, 6.07) is 13.4. The van der Waals surface area contributed by atoms with Crippen LogP contribution in [0.3, 0.4) is 0 Å². The van der Waals surface area contributed by atoms with Crippen LogP contribution in [-0.2, 0) is 17.9 Å². The number of nitrogens with one attached hydrogen (secondary N) is 1. The molecule has 0 spiro atoms. The molecular formula is C20H19Cl2N3OS. The van der Waals surface area contributed by atoms with Crippen molar-refractivity contribution in [3.8, 4) is 0 Å². The maximum atomic E-state index is 12.4. The number of rotatable bonds is 7. The molecule has 3 aromatic rings. The van der Waals surface area contributed by atoms with Crippen molar-refractivity contribution in [2.75, 3.05) is 0 Å². The SMILES string of the molecule is CC(Sc1cc(Cl)ccc1Cl)C(=O)NCc1cccc(Cn2ccnc2)c1. The van der Waals surface area contributed by atoms with Crippen LogP contribution in [0.15, 0.2) is 66.1 Å². The minimum absolute atomic E-state index is 0.0453. The molecule has 0 bridgehead atoms. The Morgan fingerprint density at radius 2 is 2.04 bits per heavy atom. The standard InChI is InChI=1S/C20H19Cl2N3OS/c1-14(27-19-10-17(21)5-6-18(19)22)20(26)24-11-15-3-2-4-16(9-15)12-25-8-7-23-13-25/h2-10,13-14H,11-12H2,1H3,(H,24,26). The summed E-state index contributed by atoms with van der Waals surface area (Å²) in [4.78, 5) is 17.3. The summed E-state index contributed by atoms with van der Waals surface area (Å²) in [7, 11) is 0. The number of amides is 1. The van der Waals surface area contributed by atoms with E-state index in [4.69, 9.17) is 23.2 Å². The molecule has 1 heterocycles. The number of carbonyl (C=O) groups excluding carboxylic acids is 1. The van der Waals surface area contributed by atoms with Crippen LogP contribution in [0.25, 0.3) is 0 Å². The molecule has 2 aromatic carbocycles. The number of imidazole rings is 1. The lowest BCUT2D eigenvalue weighted by molar-refractivity contribution is -0.120. The van der Waals surface area contributed by atoms with Crippen molar-refractivity contribution in [1.82, 2.24) is 14.9 Å². The maximum Gasteiger partial charge on any atom is 0.233 e. The molecule has 1 amide bonds. The molecule has 1 unspecified atom stereocenters. The highest BCUT2D eigenvalue weighted by Crippen LogP contribution is 2.32. The second kappa shape index (κ2) is 9.31. The van der Waals surface area contributed by atoms with Gasteiger partial charge in [-0.3, -0.25) is 4.79 Å². The summed E-state index contributed by atoms with van der Waals surface area (Å²) in [5.41, 5.74) is 2.21. The number of thioether (sulfide) groups is 1. The zero-order chi connectivity index (χ0) is 19.2. The Balaban J connectivity index is 1.56. The molecule has 7 heteroatoms. The quantitative estimate of drug-likeness (QED) is 0.545. The fraction of sp³-hybridized carbons (Fsp3) is 0.200. The van der Waals surface area contributed by atoms with Gasteiger partial charge in [0, 0.05) is 35.4 Å². The van der Waals surface area contributed by atoms with E-state index in [1.54, 1.807) is 30.7 Å². The van der Waals surface area contributed by atoms with E-state index >= 15 is 0 Å². The number of halogens is 2. The maximum absolute atomic E-state index is 12.4. The molecule has 1 atom stereocenters. The predicted octanol–water partition coefficient (Wildman–Crippen LogP) is 5.04. The monoisotopic (exact) mass is 419 g/mol. The first-order valence-electron chi connectivity index (χ1n) is 8.44. The molecule has 140 valence electrons. The van der Waals surface area contributed by atoms with Crippen molar-refractivity contribution in [3.63, 3.8) is 0 Å². The summed E-state index contributed by atoms with van der Waals surface area (Å²) in [6.45, 7) is 3.08. The van der Waals surface area contributed by atoms with Gasteiger partial charge < -0.3 is 9.88 Å². The van der Waals surface area contributed by atoms with E-state index in [1.807, 2.05) is 29.8 Å². The van der Waals surface area contributed by atoms with Crippen molar-refractivity contribution < 1.29 is 4.79 Å². The van der Waals surface area contributed by atoms with E-state index in [9.17, 15) is 4.79 Å². The topological polar surface area (TPSA) is 46.9 Å². The van der Waals surface area contributed by atoms with Gasteiger partial charge in [-0.25, -0.2) is 4.98 Å². The van der Waals surface area contributed by atoms with Crippen molar-refractivity contribution >= 4 is 40.9 Å². The summed E-state index contributed by atoms with van der Waals surface area (Å²) in [5, 5.41) is 3.90. The van der Waals surface area contributed by atoms with E-state index in [0.29, 0.717) is 16.6 Å². The molecule has 0 radical (unpaired) electrons. The third-order valence-electron chi connectivity index (χ3n) is 3.95. The van der Waals surface area contributed by atoms with Gasteiger partial charge in [0.25, 0.3) is 0 Å². The summed E-state index contributed by atoms with van der Waals surface area (Å²) in [6.07, 6.45) is 5.47. The Bertz CT molecular complexity index is 915. The first kappa shape index (κ1) is 19.8. The first-order valence-corrected chi connectivity index (χ1v) is 10.1. The lowest BCUT2D eigenvalue weighted by Gasteiger charge is -2.13. The van der Waals surface area contributed by atoms with E-state index in [0.717, 1.165) is 22.6 Å². The van der Waals surface area contributed by atoms with Gasteiger partial charge in [0.1, 0.15) is 0 Å². The second-order valence-electron chi connectivity index (χ2n) is 6.11. The summed E-state index contributed by atoms with van der Waals surface area (Å²) >= 11 is 13.6. The highest BCUT2D eigenvalue weighted by Gasteiger charge is 2.16. The lowest BCUT2D eigenvalue weighted by atomic mass is 10.1. The van der Waals surface area contributed by atoms with E-state index in [2.05, 4.69) is 22.4 Å². The van der Waals surface area contributed by atoms with E-state index in [1.165, 1.54) is 11.8 Å². The molecule has 27 heavy (non-hydrogen) atoms. The normalized spacial score (nSPS) is 12.0. The number of nitrogens with zero attached hydrogens (tertiary/aromatic N) is 2.